The van der Waals surface area contributed by atoms with Crippen LogP contribution in [-0.2, 0) is 4.79 Å². The summed E-state index contributed by atoms with van der Waals surface area (Å²) in [6.45, 7) is 1.94. The molecule has 1 N–H and O–H groups in total. The summed E-state index contributed by atoms with van der Waals surface area (Å²) < 4.78 is 0. The van der Waals surface area contributed by atoms with Crippen molar-refractivity contribution in [1.82, 2.24) is 5.43 Å². The molecule has 0 spiro atoms. The molecule has 0 aromatic heterocycles. The lowest BCUT2D eigenvalue weighted by molar-refractivity contribution is -0.108. The van der Waals surface area contributed by atoms with E-state index in [2.05, 4.69) is 16.5 Å². The fourth-order valence-corrected chi connectivity index (χ4v) is 3.36. The molecule has 4 nitrogen and oxygen atoms in total. The van der Waals surface area contributed by atoms with Crippen LogP contribution in [0.4, 0.5) is 5.69 Å². The van der Waals surface area contributed by atoms with E-state index in [4.69, 9.17) is 5.26 Å². The summed E-state index contributed by atoms with van der Waals surface area (Å²) >= 11 is 0. The lowest BCUT2D eigenvalue weighted by Crippen LogP contribution is -2.47. The van der Waals surface area contributed by atoms with Crippen molar-refractivity contribution in [1.29, 1.82) is 5.26 Å². The number of nitriles is 1. The summed E-state index contributed by atoms with van der Waals surface area (Å²) in [5, 5.41) is 11.1. The Morgan fingerprint density at radius 2 is 2.19 bits per heavy atom. The zero-order chi connectivity index (χ0) is 15.2. The molecule has 1 unspecified atom stereocenters. The van der Waals surface area contributed by atoms with Crippen LogP contribution in [0.1, 0.15) is 43.2 Å². The predicted molar refractivity (Wildman–Crippen MR) is 83.9 cm³/mol. The van der Waals surface area contributed by atoms with E-state index in [1.807, 2.05) is 32.2 Å². The standard InChI is InChI=1S/C17H23N3O/c1-13-11-16(8-7-15(13)12-18)20(19-2)17(9-10-21)14-5-3-4-6-14/h7-8,10-11,14,17,19H,3-6,9H2,1-2H3. The number of carbonyl (C=O) groups is 1. The second kappa shape index (κ2) is 7.24. The Kier molecular flexibility index (Phi) is 5.35. The largest absolute Gasteiger partial charge is 0.305 e. The lowest BCUT2D eigenvalue weighted by Gasteiger charge is -2.36. The molecule has 0 aliphatic heterocycles. The summed E-state index contributed by atoms with van der Waals surface area (Å²) in [6.07, 6.45) is 6.43. The molecule has 112 valence electrons. The van der Waals surface area contributed by atoms with Crippen molar-refractivity contribution < 1.29 is 4.79 Å². The number of aldehydes is 1. The first-order valence-corrected chi connectivity index (χ1v) is 7.62. The van der Waals surface area contributed by atoms with Gasteiger partial charge in [0.2, 0.25) is 0 Å². The van der Waals surface area contributed by atoms with Gasteiger partial charge in [0, 0.05) is 13.5 Å². The van der Waals surface area contributed by atoms with Crippen molar-refractivity contribution in [2.24, 2.45) is 5.92 Å². The Balaban J connectivity index is 2.29. The average Bonchev–Trinajstić information content (AvgIpc) is 3.01. The highest BCUT2D eigenvalue weighted by atomic mass is 16.1. The van der Waals surface area contributed by atoms with Crippen molar-refractivity contribution in [3.8, 4) is 6.07 Å². The highest BCUT2D eigenvalue weighted by molar-refractivity contribution is 5.57. The number of nitrogens with zero attached hydrogens (tertiary/aromatic N) is 2. The van der Waals surface area contributed by atoms with Gasteiger partial charge in [-0.3, -0.25) is 0 Å². The molecular weight excluding hydrogens is 262 g/mol. The van der Waals surface area contributed by atoms with E-state index in [1.54, 1.807) is 0 Å². The van der Waals surface area contributed by atoms with Gasteiger partial charge in [-0.1, -0.05) is 12.8 Å². The number of rotatable bonds is 6. The number of nitrogens with one attached hydrogen (secondary N) is 1. The fraction of sp³-hybridized carbons (Fsp3) is 0.529. The van der Waals surface area contributed by atoms with Gasteiger partial charge in [0.05, 0.1) is 23.4 Å². The molecule has 1 atom stereocenters. The Hall–Kier alpha value is -1.86. The molecule has 1 fully saturated rings. The maximum absolute atomic E-state index is 11.1. The average molecular weight is 285 g/mol. The van der Waals surface area contributed by atoms with Crippen LogP contribution in [0.5, 0.6) is 0 Å². The van der Waals surface area contributed by atoms with E-state index < -0.39 is 0 Å². The third kappa shape index (κ3) is 3.43. The number of hydrogen-bond donors (Lipinski definition) is 1. The maximum atomic E-state index is 11.1. The minimum atomic E-state index is 0.183. The summed E-state index contributed by atoms with van der Waals surface area (Å²) in [6, 6.07) is 8.19. The Bertz CT molecular complexity index is 529. The van der Waals surface area contributed by atoms with Gasteiger partial charge in [-0.2, -0.15) is 5.26 Å². The molecule has 0 radical (unpaired) electrons. The highest BCUT2D eigenvalue weighted by Crippen LogP contribution is 2.33. The van der Waals surface area contributed by atoms with Crippen LogP contribution < -0.4 is 10.4 Å². The third-order valence-electron chi connectivity index (χ3n) is 4.46. The van der Waals surface area contributed by atoms with E-state index in [0.717, 1.165) is 17.5 Å². The molecular formula is C17H23N3O. The SMILES string of the molecule is CNN(c1ccc(C#N)c(C)c1)C(CC=O)C1CCCC1. The Morgan fingerprint density at radius 3 is 2.71 bits per heavy atom. The summed E-state index contributed by atoms with van der Waals surface area (Å²) in [5.74, 6) is 0.554. The van der Waals surface area contributed by atoms with Gasteiger partial charge in [0.15, 0.2) is 0 Å². The van der Waals surface area contributed by atoms with Gasteiger partial charge in [-0.05, 0) is 49.4 Å². The summed E-state index contributed by atoms with van der Waals surface area (Å²) in [5.41, 5.74) is 5.92. The van der Waals surface area contributed by atoms with E-state index in [-0.39, 0.29) is 6.04 Å². The van der Waals surface area contributed by atoms with Crippen LogP contribution in [0.25, 0.3) is 0 Å². The van der Waals surface area contributed by atoms with Crippen molar-refractivity contribution in [3.05, 3.63) is 29.3 Å². The lowest BCUT2D eigenvalue weighted by atomic mass is 9.94. The minimum absolute atomic E-state index is 0.183. The molecule has 0 bridgehead atoms. The zero-order valence-electron chi connectivity index (χ0n) is 12.8. The molecule has 4 heteroatoms. The third-order valence-corrected chi connectivity index (χ3v) is 4.46. The predicted octanol–water partition coefficient (Wildman–Crippen LogP) is 2.96. The summed E-state index contributed by atoms with van der Waals surface area (Å²) in [4.78, 5) is 11.1. The number of aryl methyl sites for hydroxylation is 1. The number of anilines is 1. The normalized spacial score (nSPS) is 16.4. The number of carbonyl (C=O) groups excluding carboxylic acids is 1. The molecule has 0 heterocycles. The van der Waals surface area contributed by atoms with Crippen LogP contribution in [-0.4, -0.2) is 19.4 Å². The van der Waals surface area contributed by atoms with Crippen LogP contribution in [0.15, 0.2) is 18.2 Å². The maximum Gasteiger partial charge on any atom is 0.122 e. The molecule has 0 amide bonds. The van der Waals surface area contributed by atoms with Crippen molar-refractivity contribution >= 4 is 12.0 Å². The quantitative estimate of drug-likeness (QED) is 0.645. The monoisotopic (exact) mass is 285 g/mol. The second-order valence-corrected chi connectivity index (χ2v) is 5.72. The van der Waals surface area contributed by atoms with Crippen molar-refractivity contribution in [3.63, 3.8) is 0 Å². The Labute approximate surface area is 126 Å². The van der Waals surface area contributed by atoms with Gasteiger partial charge in [0.1, 0.15) is 6.29 Å². The van der Waals surface area contributed by atoms with Gasteiger partial charge in [-0.25, -0.2) is 5.43 Å². The zero-order valence-corrected chi connectivity index (χ0v) is 12.8. The molecule has 1 saturated carbocycles. The molecule has 1 aliphatic rings. The number of hydrazine groups is 1. The first-order valence-electron chi connectivity index (χ1n) is 7.62. The minimum Gasteiger partial charge on any atom is -0.305 e. The number of benzene rings is 1. The molecule has 21 heavy (non-hydrogen) atoms. The molecule has 1 aromatic rings. The van der Waals surface area contributed by atoms with Crippen LogP contribution in [0, 0.1) is 24.2 Å². The smallest absolute Gasteiger partial charge is 0.122 e. The van der Waals surface area contributed by atoms with Gasteiger partial charge in [-0.15, -0.1) is 0 Å². The van der Waals surface area contributed by atoms with Crippen molar-refractivity contribution in [2.75, 3.05) is 12.1 Å². The first kappa shape index (κ1) is 15.5. The first-order chi connectivity index (χ1) is 10.2. The molecule has 0 saturated heterocycles. The second-order valence-electron chi connectivity index (χ2n) is 5.72. The van der Waals surface area contributed by atoms with E-state index in [9.17, 15) is 4.79 Å². The Morgan fingerprint density at radius 1 is 1.48 bits per heavy atom. The van der Waals surface area contributed by atoms with Gasteiger partial charge >= 0.3 is 0 Å². The summed E-state index contributed by atoms with van der Waals surface area (Å²) in [7, 11) is 1.89. The molecule has 1 aromatic carbocycles. The van der Waals surface area contributed by atoms with Crippen LogP contribution in [0.2, 0.25) is 0 Å². The van der Waals surface area contributed by atoms with Crippen molar-refractivity contribution in [2.45, 2.75) is 45.1 Å². The van der Waals surface area contributed by atoms with Gasteiger partial charge < -0.3 is 9.80 Å². The number of hydrogen-bond acceptors (Lipinski definition) is 4. The fourth-order valence-electron chi connectivity index (χ4n) is 3.36. The van der Waals surface area contributed by atoms with E-state index in [1.165, 1.54) is 25.7 Å². The highest BCUT2D eigenvalue weighted by Gasteiger charge is 2.29. The topological polar surface area (TPSA) is 56.1 Å². The van der Waals surface area contributed by atoms with E-state index in [0.29, 0.717) is 17.9 Å². The molecule has 2 rings (SSSR count). The van der Waals surface area contributed by atoms with E-state index >= 15 is 0 Å². The molecule has 1 aliphatic carbocycles. The van der Waals surface area contributed by atoms with Gasteiger partial charge in [0.25, 0.3) is 0 Å². The van der Waals surface area contributed by atoms with Crippen LogP contribution >= 0.6 is 0 Å². The van der Waals surface area contributed by atoms with Crippen LogP contribution in [0.3, 0.4) is 0 Å².